The van der Waals surface area contributed by atoms with E-state index in [4.69, 9.17) is 4.74 Å². The van der Waals surface area contributed by atoms with Gasteiger partial charge in [-0.1, -0.05) is 67.6 Å². The second kappa shape index (κ2) is 10.2. The molecule has 0 spiro atoms. The molecule has 0 amide bonds. The van der Waals surface area contributed by atoms with Crippen LogP contribution in [0.4, 0.5) is 5.95 Å². The minimum Gasteiger partial charge on any atom is -0.507 e. The van der Waals surface area contributed by atoms with E-state index in [-0.39, 0.29) is 5.75 Å². The van der Waals surface area contributed by atoms with E-state index >= 15 is 0 Å². The van der Waals surface area contributed by atoms with Gasteiger partial charge in [-0.05, 0) is 24.6 Å². The SMILES string of the molecule is CCCOc1ccc(/C=N\Nc2nc(-c3ccccc3)cc(-c3ccccc3)n2)c(O)c1. The molecule has 160 valence electrons. The van der Waals surface area contributed by atoms with Gasteiger partial charge in [-0.25, -0.2) is 15.4 Å². The zero-order valence-corrected chi connectivity index (χ0v) is 17.8. The molecule has 1 aromatic heterocycles. The van der Waals surface area contributed by atoms with Gasteiger partial charge >= 0.3 is 0 Å². The topological polar surface area (TPSA) is 79.6 Å². The predicted molar refractivity (Wildman–Crippen MR) is 128 cm³/mol. The molecular formula is C26H24N4O2. The van der Waals surface area contributed by atoms with Crippen LogP contribution in [0.1, 0.15) is 18.9 Å². The van der Waals surface area contributed by atoms with E-state index in [0.29, 0.717) is 23.9 Å². The van der Waals surface area contributed by atoms with Gasteiger partial charge in [0.05, 0.1) is 24.2 Å². The smallest absolute Gasteiger partial charge is 0.244 e. The summed E-state index contributed by atoms with van der Waals surface area (Å²) in [5, 5.41) is 14.5. The van der Waals surface area contributed by atoms with Crippen molar-refractivity contribution in [3.63, 3.8) is 0 Å². The molecule has 0 unspecified atom stereocenters. The molecule has 32 heavy (non-hydrogen) atoms. The normalized spacial score (nSPS) is 10.9. The maximum Gasteiger partial charge on any atom is 0.244 e. The minimum atomic E-state index is 0.0908. The zero-order valence-electron chi connectivity index (χ0n) is 17.8. The number of hydrogen-bond donors (Lipinski definition) is 2. The van der Waals surface area contributed by atoms with Crippen LogP contribution in [-0.2, 0) is 0 Å². The van der Waals surface area contributed by atoms with Crippen molar-refractivity contribution in [3.05, 3.63) is 90.5 Å². The van der Waals surface area contributed by atoms with Gasteiger partial charge in [-0.15, -0.1) is 0 Å². The van der Waals surface area contributed by atoms with E-state index in [1.54, 1.807) is 18.2 Å². The Morgan fingerprint density at radius 2 is 1.50 bits per heavy atom. The van der Waals surface area contributed by atoms with Gasteiger partial charge in [0.2, 0.25) is 5.95 Å². The summed E-state index contributed by atoms with van der Waals surface area (Å²) in [6.07, 6.45) is 2.43. The van der Waals surface area contributed by atoms with Gasteiger partial charge < -0.3 is 9.84 Å². The number of aromatic hydroxyl groups is 1. The maximum absolute atomic E-state index is 10.2. The van der Waals surface area contributed by atoms with Gasteiger partial charge in [-0.3, -0.25) is 0 Å². The highest BCUT2D eigenvalue weighted by Crippen LogP contribution is 2.25. The highest BCUT2D eigenvalue weighted by molar-refractivity contribution is 5.84. The van der Waals surface area contributed by atoms with Gasteiger partial charge in [0.15, 0.2) is 0 Å². The Morgan fingerprint density at radius 3 is 2.06 bits per heavy atom. The van der Waals surface area contributed by atoms with Crippen molar-refractivity contribution in [2.75, 3.05) is 12.0 Å². The summed E-state index contributed by atoms with van der Waals surface area (Å²) < 4.78 is 5.54. The molecule has 0 saturated heterocycles. The summed E-state index contributed by atoms with van der Waals surface area (Å²) in [6, 6.07) is 26.9. The molecule has 0 fully saturated rings. The van der Waals surface area contributed by atoms with E-state index < -0.39 is 0 Å². The first-order valence-corrected chi connectivity index (χ1v) is 10.5. The number of phenolic OH excluding ortho intramolecular Hbond substituents is 1. The van der Waals surface area contributed by atoms with Crippen LogP contribution in [0.3, 0.4) is 0 Å². The average Bonchev–Trinajstić information content (AvgIpc) is 2.85. The highest BCUT2D eigenvalue weighted by Gasteiger charge is 2.08. The first-order valence-electron chi connectivity index (χ1n) is 10.5. The van der Waals surface area contributed by atoms with Crippen molar-refractivity contribution in [1.29, 1.82) is 0 Å². The second-order valence-electron chi connectivity index (χ2n) is 7.13. The van der Waals surface area contributed by atoms with Crippen LogP contribution in [0.25, 0.3) is 22.5 Å². The van der Waals surface area contributed by atoms with Crippen molar-refractivity contribution in [1.82, 2.24) is 9.97 Å². The van der Waals surface area contributed by atoms with Crippen LogP contribution in [0.15, 0.2) is 90.0 Å². The molecule has 0 aliphatic carbocycles. The van der Waals surface area contributed by atoms with Gasteiger partial charge in [0, 0.05) is 22.8 Å². The van der Waals surface area contributed by atoms with Gasteiger partial charge in [-0.2, -0.15) is 5.10 Å². The van der Waals surface area contributed by atoms with Crippen LogP contribution < -0.4 is 10.2 Å². The number of nitrogens with zero attached hydrogens (tertiary/aromatic N) is 3. The molecule has 4 rings (SSSR count). The van der Waals surface area contributed by atoms with Crippen molar-refractivity contribution >= 4 is 12.2 Å². The molecule has 0 bridgehead atoms. The maximum atomic E-state index is 10.2. The van der Waals surface area contributed by atoms with E-state index in [1.165, 1.54) is 6.21 Å². The fourth-order valence-corrected chi connectivity index (χ4v) is 3.11. The lowest BCUT2D eigenvalue weighted by Crippen LogP contribution is -2.00. The molecule has 4 aromatic rings. The Morgan fingerprint density at radius 1 is 0.875 bits per heavy atom. The van der Waals surface area contributed by atoms with E-state index in [1.807, 2.05) is 73.7 Å². The Balaban J connectivity index is 1.59. The van der Waals surface area contributed by atoms with Crippen LogP contribution in [-0.4, -0.2) is 27.9 Å². The minimum absolute atomic E-state index is 0.0908. The number of benzene rings is 3. The van der Waals surface area contributed by atoms with Crippen LogP contribution in [0.5, 0.6) is 11.5 Å². The molecule has 0 aliphatic heterocycles. The molecule has 3 aromatic carbocycles. The number of rotatable bonds is 8. The Labute approximate surface area is 187 Å². The number of hydrazone groups is 1. The van der Waals surface area contributed by atoms with Crippen molar-refractivity contribution in [3.8, 4) is 34.0 Å². The third-order valence-corrected chi connectivity index (χ3v) is 4.71. The Bertz CT molecular complexity index is 1140. The summed E-state index contributed by atoms with van der Waals surface area (Å²) in [7, 11) is 0. The molecule has 1 heterocycles. The monoisotopic (exact) mass is 424 g/mol. The lowest BCUT2D eigenvalue weighted by atomic mass is 10.1. The summed E-state index contributed by atoms with van der Waals surface area (Å²) in [5.74, 6) is 1.08. The highest BCUT2D eigenvalue weighted by atomic mass is 16.5. The largest absolute Gasteiger partial charge is 0.507 e. The predicted octanol–water partition coefficient (Wildman–Crippen LogP) is 5.75. The van der Waals surface area contributed by atoms with E-state index in [2.05, 4.69) is 20.5 Å². The van der Waals surface area contributed by atoms with Crippen LogP contribution in [0.2, 0.25) is 0 Å². The standard InChI is InChI=1S/C26H24N4O2/c1-2-15-32-22-14-13-21(25(31)16-22)18-27-30-26-28-23(19-9-5-3-6-10-19)17-24(29-26)20-11-7-4-8-12-20/h3-14,16-18,31H,2,15H2,1H3,(H,28,29,30)/b27-18-. The zero-order chi connectivity index (χ0) is 22.2. The third kappa shape index (κ3) is 5.29. The summed E-state index contributed by atoms with van der Waals surface area (Å²) >= 11 is 0. The van der Waals surface area contributed by atoms with Crippen molar-refractivity contribution in [2.45, 2.75) is 13.3 Å². The summed E-state index contributed by atoms with van der Waals surface area (Å²) in [6.45, 7) is 2.64. The number of phenols is 1. The first kappa shape index (κ1) is 21.1. The summed E-state index contributed by atoms with van der Waals surface area (Å²) in [5.41, 5.74) is 7.00. The lowest BCUT2D eigenvalue weighted by Gasteiger charge is -2.08. The fourth-order valence-electron chi connectivity index (χ4n) is 3.11. The summed E-state index contributed by atoms with van der Waals surface area (Å²) in [4.78, 5) is 9.22. The molecule has 6 heteroatoms. The molecule has 0 aliphatic rings. The molecule has 2 N–H and O–H groups in total. The van der Waals surface area contributed by atoms with E-state index in [0.717, 1.165) is 28.9 Å². The molecule has 6 nitrogen and oxygen atoms in total. The van der Waals surface area contributed by atoms with Crippen molar-refractivity contribution < 1.29 is 9.84 Å². The van der Waals surface area contributed by atoms with Gasteiger partial charge in [0.25, 0.3) is 0 Å². The number of aromatic nitrogens is 2. The number of hydrogen-bond acceptors (Lipinski definition) is 6. The van der Waals surface area contributed by atoms with Crippen LogP contribution >= 0.6 is 0 Å². The van der Waals surface area contributed by atoms with Gasteiger partial charge in [0.1, 0.15) is 11.5 Å². The average molecular weight is 425 g/mol. The Kier molecular flexibility index (Phi) is 6.72. The third-order valence-electron chi connectivity index (χ3n) is 4.71. The van der Waals surface area contributed by atoms with Crippen LogP contribution in [0, 0.1) is 0 Å². The molecule has 0 atom stereocenters. The number of ether oxygens (including phenoxy) is 1. The fraction of sp³-hybridized carbons (Fsp3) is 0.115. The quantitative estimate of drug-likeness (QED) is 0.278. The molecular weight excluding hydrogens is 400 g/mol. The molecule has 0 saturated carbocycles. The second-order valence-corrected chi connectivity index (χ2v) is 7.13. The number of anilines is 1. The lowest BCUT2D eigenvalue weighted by molar-refractivity contribution is 0.315. The van der Waals surface area contributed by atoms with Crippen molar-refractivity contribution in [2.24, 2.45) is 5.10 Å². The first-order chi connectivity index (χ1) is 15.7. The van der Waals surface area contributed by atoms with E-state index in [9.17, 15) is 5.11 Å². The molecule has 0 radical (unpaired) electrons. The number of nitrogens with one attached hydrogen (secondary N) is 1. The Hall–Kier alpha value is -4.19.